The van der Waals surface area contributed by atoms with E-state index in [-0.39, 0.29) is 0 Å². The van der Waals surface area contributed by atoms with Gasteiger partial charge in [-0.05, 0) is 38.1 Å². The Kier molecular flexibility index (Phi) is 5.61. The highest BCUT2D eigenvalue weighted by Crippen LogP contribution is 2.23. The molecule has 1 N–H and O–H groups in total. The van der Waals surface area contributed by atoms with Gasteiger partial charge in [0.05, 0.1) is 6.20 Å². The highest BCUT2D eigenvalue weighted by molar-refractivity contribution is 9.10. The van der Waals surface area contributed by atoms with Gasteiger partial charge >= 0.3 is 0 Å². The van der Waals surface area contributed by atoms with Gasteiger partial charge in [-0.15, -0.1) is 0 Å². The quantitative estimate of drug-likeness (QED) is 0.782. The Balaban J connectivity index is 1.88. The first-order valence-electron chi connectivity index (χ1n) is 6.71. The van der Waals surface area contributed by atoms with E-state index in [9.17, 15) is 0 Å². The molecular formula is C15H19BrN2O. The fourth-order valence-corrected chi connectivity index (χ4v) is 2.27. The van der Waals surface area contributed by atoms with Crippen molar-refractivity contribution in [3.05, 3.63) is 40.8 Å². The number of nitrogens with zero attached hydrogens (tertiary/aromatic N) is 1. The summed E-state index contributed by atoms with van der Waals surface area (Å²) < 4.78 is 6.82. The van der Waals surface area contributed by atoms with Crippen molar-refractivity contribution in [2.24, 2.45) is 0 Å². The molecule has 0 saturated carbocycles. The number of benzene rings is 1. The van der Waals surface area contributed by atoms with Crippen LogP contribution in [0.15, 0.2) is 39.4 Å². The minimum absolute atomic E-state index is 0.813. The number of rotatable bonds is 7. The molecule has 2 rings (SSSR count). The van der Waals surface area contributed by atoms with Gasteiger partial charge < -0.3 is 9.73 Å². The molecule has 19 heavy (non-hydrogen) atoms. The lowest BCUT2D eigenvalue weighted by atomic mass is 10.2. The number of hydrogen-bond donors (Lipinski definition) is 1. The molecule has 0 unspecified atom stereocenters. The monoisotopic (exact) mass is 322 g/mol. The summed E-state index contributed by atoms with van der Waals surface area (Å²) in [6.45, 7) is 4.27. The Hall–Kier alpha value is -1.13. The number of oxazole rings is 1. The minimum atomic E-state index is 0.813. The van der Waals surface area contributed by atoms with E-state index in [4.69, 9.17) is 4.42 Å². The summed E-state index contributed by atoms with van der Waals surface area (Å²) in [6.07, 6.45) is 4.91. The normalized spacial score (nSPS) is 10.8. The summed E-state index contributed by atoms with van der Waals surface area (Å²) in [5, 5.41) is 3.38. The minimum Gasteiger partial charge on any atom is -0.441 e. The number of halogens is 1. The van der Waals surface area contributed by atoms with Gasteiger partial charge in [0.1, 0.15) is 0 Å². The predicted octanol–water partition coefficient (Wildman–Crippen LogP) is 4.04. The molecule has 3 nitrogen and oxygen atoms in total. The Bertz CT molecular complexity index is 510. The van der Waals surface area contributed by atoms with Crippen LogP contribution in [0, 0.1) is 0 Å². The molecule has 0 aliphatic heterocycles. The second kappa shape index (κ2) is 7.46. The molecule has 1 aromatic heterocycles. The Morgan fingerprint density at radius 3 is 3.00 bits per heavy atom. The van der Waals surface area contributed by atoms with Crippen LogP contribution in [-0.4, -0.2) is 18.1 Å². The zero-order valence-corrected chi connectivity index (χ0v) is 12.7. The van der Waals surface area contributed by atoms with Gasteiger partial charge in [-0.1, -0.05) is 35.0 Å². The topological polar surface area (TPSA) is 38.1 Å². The first kappa shape index (κ1) is 14.3. The van der Waals surface area contributed by atoms with E-state index in [1.807, 2.05) is 24.3 Å². The van der Waals surface area contributed by atoms with Crippen LogP contribution in [-0.2, 0) is 6.42 Å². The van der Waals surface area contributed by atoms with Gasteiger partial charge in [0, 0.05) is 16.5 Å². The maximum atomic E-state index is 5.77. The first-order chi connectivity index (χ1) is 9.29. The van der Waals surface area contributed by atoms with Crippen molar-refractivity contribution in [1.29, 1.82) is 0 Å². The van der Waals surface area contributed by atoms with Crippen LogP contribution in [0.3, 0.4) is 0 Å². The average Bonchev–Trinajstić information content (AvgIpc) is 2.87. The van der Waals surface area contributed by atoms with Crippen LogP contribution < -0.4 is 5.32 Å². The van der Waals surface area contributed by atoms with Crippen LogP contribution in [0.1, 0.15) is 25.7 Å². The van der Waals surface area contributed by atoms with Crippen molar-refractivity contribution in [2.45, 2.75) is 26.2 Å². The molecule has 4 heteroatoms. The first-order valence-corrected chi connectivity index (χ1v) is 7.50. The summed E-state index contributed by atoms with van der Waals surface area (Å²) in [5.41, 5.74) is 1.05. The van der Waals surface area contributed by atoms with E-state index < -0.39 is 0 Å². The van der Waals surface area contributed by atoms with Gasteiger partial charge in [0.15, 0.2) is 11.7 Å². The Morgan fingerprint density at radius 2 is 2.21 bits per heavy atom. The molecule has 0 aliphatic rings. The van der Waals surface area contributed by atoms with Crippen LogP contribution in [0.5, 0.6) is 0 Å². The summed E-state index contributed by atoms with van der Waals surface area (Å²) >= 11 is 3.46. The van der Waals surface area contributed by atoms with E-state index in [0.717, 1.165) is 47.6 Å². The zero-order chi connectivity index (χ0) is 13.5. The standard InChI is InChI=1S/C15H19BrN2O/c1-2-8-17-9-4-7-15-18-11-14(19-15)12-5-3-6-13(16)10-12/h3,5-6,10-11,17H,2,4,7-9H2,1H3. The van der Waals surface area contributed by atoms with Crippen molar-refractivity contribution in [2.75, 3.05) is 13.1 Å². The highest BCUT2D eigenvalue weighted by Gasteiger charge is 2.06. The lowest BCUT2D eigenvalue weighted by Gasteiger charge is -2.00. The SMILES string of the molecule is CCCNCCCc1ncc(-c2cccc(Br)c2)o1. The van der Waals surface area contributed by atoms with E-state index in [2.05, 4.69) is 33.2 Å². The molecule has 0 radical (unpaired) electrons. The summed E-state index contributed by atoms with van der Waals surface area (Å²) in [7, 11) is 0. The van der Waals surface area contributed by atoms with Crippen LogP contribution in [0.4, 0.5) is 0 Å². The highest BCUT2D eigenvalue weighted by atomic mass is 79.9. The second-order valence-corrected chi connectivity index (χ2v) is 5.40. The average molecular weight is 323 g/mol. The third kappa shape index (κ3) is 4.48. The third-order valence-corrected chi connectivity index (χ3v) is 3.33. The summed E-state index contributed by atoms with van der Waals surface area (Å²) in [6, 6.07) is 8.06. The molecule has 0 aliphatic carbocycles. The van der Waals surface area contributed by atoms with E-state index in [1.165, 1.54) is 6.42 Å². The zero-order valence-electron chi connectivity index (χ0n) is 11.2. The van der Waals surface area contributed by atoms with Gasteiger partial charge in [-0.2, -0.15) is 0 Å². The van der Waals surface area contributed by atoms with Crippen LogP contribution in [0.25, 0.3) is 11.3 Å². The van der Waals surface area contributed by atoms with Crippen molar-refractivity contribution in [3.63, 3.8) is 0 Å². The Morgan fingerprint density at radius 1 is 1.32 bits per heavy atom. The summed E-state index contributed by atoms with van der Waals surface area (Å²) in [5.74, 6) is 1.64. The fraction of sp³-hybridized carbons (Fsp3) is 0.400. The molecule has 0 fully saturated rings. The summed E-state index contributed by atoms with van der Waals surface area (Å²) in [4.78, 5) is 4.33. The molecule has 2 aromatic rings. The lowest BCUT2D eigenvalue weighted by molar-refractivity contribution is 0.491. The molecule has 1 aromatic carbocycles. The van der Waals surface area contributed by atoms with Crippen molar-refractivity contribution in [3.8, 4) is 11.3 Å². The Labute approximate surface area is 122 Å². The largest absolute Gasteiger partial charge is 0.441 e. The van der Waals surface area contributed by atoms with Crippen molar-refractivity contribution >= 4 is 15.9 Å². The van der Waals surface area contributed by atoms with Gasteiger partial charge in [-0.25, -0.2) is 4.98 Å². The molecular weight excluding hydrogens is 304 g/mol. The van der Waals surface area contributed by atoms with Gasteiger partial charge in [-0.3, -0.25) is 0 Å². The third-order valence-electron chi connectivity index (χ3n) is 2.83. The molecule has 0 bridgehead atoms. The molecule has 102 valence electrons. The molecule has 0 atom stereocenters. The lowest BCUT2D eigenvalue weighted by Crippen LogP contribution is -2.16. The van der Waals surface area contributed by atoms with Crippen molar-refractivity contribution in [1.82, 2.24) is 10.3 Å². The molecule has 0 saturated heterocycles. The maximum absolute atomic E-state index is 5.77. The number of hydrogen-bond acceptors (Lipinski definition) is 3. The van der Waals surface area contributed by atoms with Crippen LogP contribution in [0.2, 0.25) is 0 Å². The van der Waals surface area contributed by atoms with E-state index in [1.54, 1.807) is 6.20 Å². The van der Waals surface area contributed by atoms with E-state index >= 15 is 0 Å². The maximum Gasteiger partial charge on any atom is 0.194 e. The number of aromatic nitrogens is 1. The molecule has 0 amide bonds. The van der Waals surface area contributed by atoms with Gasteiger partial charge in [0.2, 0.25) is 0 Å². The van der Waals surface area contributed by atoms with E-state index in [0.29, 0.717) is 0 Å². The van der Waals surface area contributed by atoms with Gasteiger partial charge in [0.25, 0.3) is 0 Å². The second-order valence-electron chi connectivity index (χ2n) is 4.48. The molecule has 0 spiro atoms. The number of aryl methyl sites for hydroxylation is 1. The van der Waals surface area contributed by atoms with Crippen molar-refractivity contribution < 1.29 is 4.42 Å². The fourth-order valence-electron chi connectivity index (χ4n) is 1.87. The van der Waals surface area contributed by atoms with Crippen LogP contribution >= 0.6 is 15.9 Å². The number of nitrogens with one attached hydrogen (secondary N) is 1. The predicted molar refractivity (Wildman–Crippen MR) is 81.1 cm³/mol. The smallest absolute Gasteiger partial charge is 0.194 e. The molecule has 1 heterocycles.